The molecule has 6 heteroatoms. The van der Waals surface area contributed by atoms with E-state index in [1.807, 2.05) is 0 Å². The molecule has 0 saturated carbocycles. The average molecular weight is 219 g/mol. The average Bonchev–Trinajstić information content (AvgIpc) is 2.63. The van der Waals surface area contributed by atoms with Gasteiger partial charge in [-0.15, -0.1) is 0 Å². The molecule has 0 saturated heterocycles. The fourth-order valence-electron chi connectivity index (χ4n) is 1.18. The Kier molecular flexibility index (Phi) is 3.62. The van der Waals surface area contributed by atoms with E-state index in [-0.39, 0.29) is 17.9 Å². The summed E-state index contributed by atoms with van der Waals surface area (Å²) in [5, 5.41) is 21.0. The summed E-state index contributed by atoms with van der Waals surface area (Å²) in [6.07, 6.45) is 0. The van der Waals surface area contributed by atoms with Gasteiger partial charge in [-0.25, -0.2) is 4.79 Å². The Morgan fingerprint density at radius 3 is 2.69 bits per heavy atom. The second-order valence-corrected chi connectivity index (χ2v) is 2.92. The van der Waals surface area contributed by atoms with E-state index in [2.05, 4.69) is 5.16 Å². The molecule has 82 valence electrons. The zero-order valence-corrected chi connectivity index (χ0v) is 8.85. The fourth-order valence-corrected chi connectivity index (χ4v) is 1.18. The van der Waals surface area contributed by atoms with Gasteiger partial charge < -0.3 is 9.26 Å². The van der Waals surface area contributed by atoms with Crippen LogP contribution in [0, 0.1) is 29.6 Å². The largest absolute Gasteiger partial charge is 0.462 e. The number of nitriles is 2. The first-order chi connectivity index (χ1) is 7.65. The van der Waals surface area contributed by atoms with Gasteiger partial charge in [0.05, 0.1) is 24.4 Å². The van der Waals surface area contributed by atoms with Gasteiger partial charge in [0.15, 0.2) is 11.7 Å². The highest BCUT2D eigenvalue weighted by molar-refractivity contribution is 5.92. The van der Waals surface area contributed by atoms with E-state index in [0.717, 1.165) is 0 Å². The Morgan fingerprint density at radius 1 is 1.56 bits per heavy atom. The summed E-state index contributed by atoms with van der Waals surface area (Å²) in [4.78, 5) is 11.5. The second-order valence-electron chi connectivity index (χ2n) is 2.92. The minimum Gasteiger partial charge on any atom is -0.462 e. The summed E-state index contributed by atoms with van der Waals surface area (Å²) in [7, 11) is 0. The minimum atomic E-state index is -1.15. The smallest absolute Gasteiger partial charge is 0.343 e. The Morgan fingerprint density at radius 2 is 2.19 bits per heavy atom. The van der Waals surface area contributed by atoms with Gasteiger partial charge in [-0.2, -0.15) is 10.5 Å². The number of esters is 1. The minimum absolute atomic E-state index is 0.0547. The van der Waals surface area contributed by atoms with Gasteiger partial charge >= 0.3 is 5.97 Å². The normalized spacial score (nSPS) is 9.56. The fraction of sp³-hybridized carbons (Fsp3) is 0.400. The summed E-state index contributed by atoms with van der Waals surface area (Å²) in [5.74, 6) is -1.84. The van der Waals surface area contributed by atoms with Crippen LogP contribution in [0.15, 0.2) is 4.52 Å². The van der Waals surface area contributed by atoms with Gasteiger partial charge in [-0.1, -0.05) is 5.16 Å². The summed E-state index contributed by atoms with van der Waals surface area (Å²) in [5.41, 5.74) is 0.374. The van der Waals surface area contributed by atoms with E-state index in [1.54, 1.807) is 26.0 Å². The van der Waals surface area contributed by atoms with E-state index in [1.165, 1.54) is 0 Å². The Balaban J connectivity index is 3.19. The van der Waals surface area contributed by atoms with Crippen LogP contribution in [-0.4, -0.2) is 17.7 Å². The standard InChI is InChI=1S/C10H9N3O3/c1-3-15-10(14)8-6(2)13-16-9(8)7(4-11)5-12/h7H,3H2,1-2H3. The number of hydrogen-bond acceptors (Lipinski definition) is 6. The number of aromatic nitrogens is 1. The molecule has 0 amide bonds. The van der Waals surface area contributed by atoms with Gasteiger partial charge in [0.1, 0.15) is 5.56 Å². The molecule has 1 aromatic rings. The summed E-state index contributed by atoms with van der Waals surface area (Å²) >= 11 is 0. The van der Waals surface area contributed by atoms with Crippen molar-refractivity contribution >= 4 is 5.97 Å². The molecule has 6 nitrogen and oxygen atoms in total. The summed E-state index contributed by atoms with van der Waals surface area (Å²) in [6.45, 7) is 3.41. The topological polar surface area (TPSA) is 99.9 Å². The lowest BCUT2D eigenvalue weighted by atomic mass is 10.0. The molecule has 0 spiro atoms. The highest BCUT2D eigenvalue weighted by Gasteiger charge is 2.27. The van der Waals surface area contributed by atoms with Crippen molar-refractivity contribution in [3.63, 3.8) is 0 Å². The third kappa shape index (κ3) is 2.01. The van der Waals surface area contributed by atoms with Crippen LogP contribution in [0.4, 0.5) is 0 Å². The van der Waals surface area contributed by atoms with Gasteiger partial charge in [-0.3, -0.25) is 0 Å². The Hall–Kier alpha value is -2.34. The first-order valence-corrected chi connectivity index (χ1v) is 4.58. The number of rotatable bonds is 3. The van der Waals surface area contributed by atoms with Gasteiger partial charge in [0.2, 0.25) is 0 Å². The molecular weight excluding hydrogens is 210 g/mol. The van der Waals surface area contributed by atoms with E-state index in [0.29, 0.717) is 5.69 Å². The lowest BCUT2D eigenvalue weighted by molar-refractivity contribution is 0.0523. The predicted octanol–water partition coefficient (Wildman–Crippen LogP) is 1.29. The first-order valence-electron chi connectivity index (χ1n) is 4.58. The lowest BCUT2D eigenvalue weighted by Crippen LogP contribution is -2.09. The van der Waals surface area contributed by atoms with Gasteiger partial charge in [0.25, 0.3) is 0 Å². The quantitative estimate of drug-likeness (QED) is 0.710. The third-order valence-corrected chi connectivity index (χ3v) is 1.89. The molecule has 0 atom stereocenters. The molecule has 0 aliphatic heterocycles. The zero-order valence-electron chi connectivity index (χ0n) is 8.85. The van der Waals surface area contributed by atoms with Crippen LogP contribution >= 0.6 is 0 Å². The van der Waals surface area contributed by atoms with Gasteiger partial charge in [0, 0.05) is 0 Å². The van der Waals surface area contributed by atoms with E-state index in [4.69, 9.17) is 19.8 Å². The zero-order chi connectivity index (χ0) is 12.1. The number of nitrogens with zero attached hydrogens (tertiary/aromatic N) is 3. The van der Waals surface area contributed by atoms with Crippen LogP contribution in [-0.2, 0) is 4.74 Å². The number of ether oxygens (including phenoxy) is 1. The molecule has 0 N–H and O–H groups in total. The lowest BCUT2D eigenvalue weighted by Gasteiger charge is -2.01. The van der Waals surface area contributed by atoms with Gasteiger partial charge in [-0.05, 0) is 13.8 Å². The van der Waals surface area contributed by atoms with Crippen molar-refractivity contribution in [3.8, 4) is 12.1 Å². The van der Waals surface area contributed by atoms with Crippen molar-refractivity contribution in [1.29, 1.82) is 10.5 Å². The summed E-state index contributed by atoms with van der Waals surface area (Å²) in [6, 6.07) is 3.43. The van der Waals surface area contributed by atoms with Crippen LogP contribution in [0.1, 0.15) is 34.7 Å². The van der Waals surface area contributed by atoms with Crippen molar-refractivity contribution in [2.24, 2.45) is 0 Å². The van der Waals surface area contributed by atoms with Crippen molar-refractivity contribution in [2.75, 3.05) is 6.61 Å². The van der Waals surface area contributed by atoms with Crippen molar-refractivity contribution in [1.82, 2.24) is 5.16 Å². The number of hydrogen-bond donors (Lipinski definition) is 0. The van der Waals surface area contributed by atoms with Crippen LogP contribution < -0.4 is 0 Å². The van der Waals surface area contributed by atoms with Crippen molar-refractivity contribution in [3.05, 3.63) is 17.0 Å². The molecule has 16 heavy (non-hydrogen) atoms. The molecule has 0 unspecified atom stereocenters. The Labute approximate surface area is 92.0 Å². The molecule has 1 rings (SSSR count). The van der Waals surface area contributed by atoms with E-state index >= 15 is 0 Å². The SMILES string of the molecule is CCOC(=O)c1c(C)noc1C(C#N)C#N. The monoisotopic (exact) mass is 219 g/mol. The van der Waals surface area contributed by atoms with Crippen LogP contribution in [0.5, 0.6) is 0 Å². The van der Waals surface area contributed by atoms with Crippen molar-refractivity contribution in [2.45, 2.75) is 19.8 Å². The van der Waals surface area contributed by atoms with Crippen molar-refractivity contribution < 1.29 is 14.1 Å². The maximum Gasteiger partial charge on any atom is 0.343 e. The first kappa shape index (κ1) is 11.7. The molecule has 0 bridgehead atoms. The molecule has 0 aromatic carbocycles. The number of carbonyl (C=O) groups excluding carboxylic acids is 1. The van der Waals surface area contributed by atoms with Crippen LogP contribution in [0.25, 0.3) is 0 Å². The van der Waals surface area contributed by atoms with Crippen LogP contribution in [0.2, 0.25) is 0 Å². The summed E-state index contributed by atoms with van der Waals surface area (Å²) < 4.78 is 9.60. The van der Waals surface area contributed by atoms with E-state index < -0.39 is 11.9 Å². The number of carbonyl (C=O) groups is 1. The Bertz CT molecular complexity index is 464. The predicted molar refractivity (Wildman–Crippen MR) is 51.2 cm³/mol. The second kappa shape index (κ2) is 4.94. The maximum absolute atomic E-state index is 11.5. The molecule has 1 aromatic heterocycles. The molecular formula is C10H9N3O3. The highest BCUT2D eigenvalue weighted by atomic mass is 16.5. The molecule has 0 fully saturated rings. The molecule has 0 aliphatic carbocycles. The number of aryl methyl sites for hydroxylation is 1. The molecule has 1 heterocycles. The molecule has 0 radical (unpaired) electrons. The third-order valence-electron chi connectivity index (χ3n) is 1.89. The van der Waals surface area contributed by atoms with Crippen LogP contribution in [0.3, 0.4) is 0 Å². The van der Waals surface area contributed by atoms with E-state index in [9.17, 15) is 4.79 Å². The molecule has 0 aliphatic rings. The maximum atomic E-state index is 11.5. The highest BCUT2D eigenvalue weighted by Crippen LogP contribution is 2.22.